The van der Waals surface area contributed by atoms with Crippen molar-refractivity contribution < 1.29 is 8.42 Å². The summed E-state index contributed by atoms with van der Waals surface area (Å²) in [5.74, 6) is 0. The highest BCUT2D eigenvalue weighted by molar-refractivity contribution is 7.89. The molecule has 0 amide bonds. The van der Waals surface area contributed by atoms with Gasteiger partial charge in [-0.15, -0.1) is 0 Å². The molecule has 0 saturated carbocycles. The van der Waals surface area contributed by atoms with E-state index in [1.54, 1.807) is 12.1 Å². The Morgan fingerprint density at radius 1 is 1.17 bits per heavy atom. The van der Waals surface area contributed by atoms with E-state index in [1.807, 2.05) is 6.92 Å². The van der Waals surface area contributed by atoms with Crippen LogP contribution in [0.25, 0.3) is 0 Å². The molecule has 102 valence electrons. The number of nitrogens with one attached hydrogen (secondary N) is 1. The molecule has 18 heavy (non-hydrogen) atoms. The van der Waals surface area contributed by atoms with Gasteiger partial charge in [0.2, 0.25) is 10.0 Å². The Morgan fingerprint density at radius 2 is 1.89 bits per heavy atom. The highest BCUT2D eigenvalue weighted by Gasteiger charge is 2.13. The van der Waals surface area contributed by atoms with Gasteiger partial charge in [-0.2, -0.15) is 0 Å². The Bertz CT molecular complexity index is 464. The molecule has 1 rings (SSSR count). The van der Waals surface area contributed by atoms with E-state index in [0.717, 1.165) is 31.2 Å². The van der Waals surface area contributed by atoms with Gasteiger partial charge in [-0.05, 0) is 37.1 Å². The van der Waals surface area contributed by atoms with Gasteiger partial charge in [0.25, 0.3) is 0 Å². The topological polar surface area (TPSA) is 72.2 Å². The minimum Gasteiger partial charge on any atom is -0.399 e. The molecule has 0 heterocycles. The number of sulfonamides is 1. The van der Waals surface area contributed by atoms with Crippen molar-refractivity contribution in [2.75, 3.05) is 12.3 Å². The molecule has 3 N–H and O–H groups in total. The first-order chi connectivity index (χ1) is 8.45. The van der Waals surface area contributed by atoms with E-state index >= 15 is 0 Å². The summed E-state index contributed by atoms with van der Waals surface area (Å²) in [5, 5.41) is 0. The SMILES string of the molecule is CCCCCCNS(=O)(=O)c1cc(C)cc(N)c1. The zero-order valence-electron chi connectivity index (χ0n) is 11.1. The molecule has 0 aliphatic heterocycles. The molecule has 1 aromatic carbocycles. The monoisotopic (exact) mass is 270 g/mol. The first-order valence-corrected chi connectivity index (χ1v) is 7.81. The molecule has 0 bridgehead atoms. The van der Waals surface area contributed by atoms with E-state index in [1.165, 1.54) is 6.07 Å². The summed E-state index contributed by atoms with van der Waals surface area (Å²) < 4.78 is 26.6. The van der Waals surface area contributed by atoms with Crippen LogP contribution in [0.1, 0.15) is 38.2 Å². The second kappa shape index (κ2) is 6.75. The van der Waals surface area contributed by atoms with Crippen molar-refractivity contribution in [2.45, 2.75) is 44.4 Å². The van der Waals surface area contributed by atoms with Crippen molar-refractivity contribution in [1.29, 1.82) is 0 Å². The lowest BCUT2D eigenvalue weighted by atomic mass is 10.2. The lowest BCUT2D eigenvalue weighted by molar-refractivity contribution is 0.573. The minimum atomic E-state index is -3.42. The average Bonchev–Trinajstić information content (AvgIpc) is 2.27. The third-order valence-corrected chi connectivity index (χ3v) is 4.15. The molecule has 0 aromatic heterocycles. The van der Waals surface area contributed by atoms with E-state index in [-0.39, 0.29) is 4.90 Å². The molecule has 0 atom stereocenters. The molecule has 0 saturated heterocycles. The second-order valence-corrected chi connectivity index (χ2v) is 6.30. The van der Waals surface area contributed by atoms with Gasteiger partial charge in [-0.1, -0.05) is 26.2 Å². The van der Waals surface area contributed by atoms with Crippen molar-refractivity contribution in [3.05, 3.63) is 23.8 Å². The number of rotatable bonds is 7. The van der Waals surface area contributed by atoms with Gasteiger partial charge in [0, 0.05) is 12.2 Å². The average molecular weight is 270 g/mol. The minimum absolute atomic E-state index is 0.246. The number of hydrogen-bond donors (Lipinski definition) is 2. The number of aryl methyl sites for hydroxylation is 1. The van der Waals surface area contributed by atoms with Crippen LogP contribution in [0.3, 0.4) is 0 Å². The highest BCUT2D eigenvalue weighted by Crippen LogP contribution is 2.16. The van der Waals surface area contributed by atoms with E-state index in [0.29, 0.717) is 12.2 Å². The van der Waals surface area contributed by atoms with Gasteiger partial charge in [0.05, 0.1) is 4.90 Å². The van der Waals surface area contributed by atoms with Crippen LogP contribution in [0, 0.1) is 6.92 Å². The van der Waals surface area contributed by atoms with Crippen molar-refractivity contribution in [1.82, 2.24) is 4.72 Å². The van der Waals surface area contributed by atoms with Crippen LogP contribution in [0.5, 0.6) is 0 Å². The quantitative estimate of drug-likeness (QED) is 0.590. The Kier molecular flexibility index (Phi) is 5.62. The summed E-state index contributed by atoms with van der Waals surface area (Å²) in [6.07, 6.45) is 4.20. The van der Waals surface area contributed by atoms with Crippen LogP contribution in [0.15, 0.2) is 23.1 Å². The predicted octanol–water partition coefficient (Wildman–Crippen LogP) is 2.44. The molecule has 0 aliphatic rings. The standard InChI is InChI=1S/C13H22N2O2S/c1-3-4-5-6-7-15-18(16,17)13-9-11(2)8-12(14)10-13/h8-10,15H,3-7,14H2,1-2H3. The van der Waals surface area contributed by atoms with Gasteiger partial charge in [-0.25, -0.2) is 13.1 Å². The summed E-state index contributed by atoms with van der Waals surface area (Å²) >= 11 is 0. The van der Waals surface area contributed by atoms with E-state index in [4.69, 9.17) is 5.73 Å². The van der Waals surface area contributed by atoms with Gasteiger partial charge < -0.3 is 5.73 Å². The Balaban J connectivity index is 2.63. The molecular weight excluding hydrogens is 248 g/mol. The lowest BCUT2D eigenvalue weighted by Crippen LogP contribution is -2.25. The second-order valence-electron chi connectivity index (χ2n) is 4.54. The van der Waals surface area contributed by atoms with Crippen molar-refractivity contribution in [2.24, 2.45) is 0 Å². The fourth-order valence-corrected chi connectivity index (χ4v) is 2.99. The maximum absolute atomic E-state index is 12.0. The number of anilines is 1. The Labute approximate surface area is 110 Å². The number of nitrogens with two attached hydrogens (primary N) is 1. The van der Waals surface area contributed by atoms with E-state index in [2.05, 4.69) is 11.6 Å². The predicted molar refractivity (Wildman–Crippen MR) is 74.9 cm³/mol. The maximum Gasteiger partial charge on any atom is 0.240 e. The number of nitrogen functional groups attached to an aromatic ring is 1. The van der Waals surface area contributed by atoms with Crippen LogP contribution < -0.4 is 10.5 Å². The summed E-state index contributed by atoms with van der Waals surface area (Å²) in [6, 6.07) is 4.87. The summed E-state index contributed by atoms with van der Waals surface area (Å²) in [4.78, 5) is 0.246. The molecule has 0 radical (unpaired) electrons. The van der Waals surface area contributed by atoms with E-state index < -0.39 is 10.0 Å². The lowest BCUT2D eigenvalue weighted by Gasteiger charge is -2.08. The molecule has 0 spiro atoms. The Morgan fingerprint density at radius 3 is 2.50 bits per heavy atom. The summed E-state index contributed by atoms with van der Waals surface area (Å²) in [5.41, 5.74) is 6.98. The van der Waals surface area contributed by atoms with Gasteiger partial charge in [-0.3, -0.25) is 0 Å². The number of hydrogen-bond acceptors (Lipinski definition) is 3. The smallest absolute Gasteiger partial charge is 0.240 e. The third kappa shape index (κ3) is 4.66. The van der Waals surface area contributed by atoms with Crippen LogP contribution in [-0.2, 0) is 10.0 Å². The normalized spacial score (nSPS) is 11.7. The summed E-state index contributed by atoms with van der Waals surface area (Å²) in [6.45, 7) is 4.44. The molecule has 0 unspecified atom stereocenters. The van der Waals surface area contributed by atoms with Crippen LogP contribution in [-0.4, -0.2) is 15.0 Å². The van der Waals surface area contributed by atoms with Crippen molar-refractivity contribution in [3.8, 4) is 0 Å². The molecule has 0 fully saturated rings. The molecule has 1 aromatic rings. The fourth-order valence-electron chi connectivity index (χ4n) is 1.77. The van der Waals surface area contributed by atoms with Crippen LogP contribution in [0.4, 0.5) is 5.69 Å². The first kappa shape index (κ1) is 15.0. The number of benzene rings is 1. The molecule has 0 aliphatic carbocycles. The zero-order chi connectivity index (χ0) is 13.6. The van der Waals surface area contributed by atoms with Crippen LogP contribution >= 0.6 is 0 Å². The fraction of sp³-hybridized carbons (Fsp3) is 0.538. The maximum atomic E-state index is 12.0. The zero-order valence-corrected chi connectivity index (χ0v) is 11.9. The largest absolute Gasteiger partial charge is 0.399 e. The number of unbranched alkanes of at least 4 members (excludes halogenated alkanes) is 3. The molecule has 5 heteroatoms. The van der Waals surface area contributed by atoms with Gasteiger partial charge in [0.1, 0.15) is 0 Å². The summed E-state index contributed by atoms with van der Waals surface area (Å²) in [7, 11) is -3.42. The first-order valence-electron chi connectivity index (χ1n) is 6.32. The van der Waals surface area contributed by atoms with Crippen LogP contribution in [0.2, 0.25) is 0 Å². The van der Waals surface area contributed by atoms with Crippen molar-refractivity contribution >= 4 is 15.7 Å². The molecule has 4 nitrogen and oxygen atoms in total. The van der Waals surface area contributed by atoms with E-state index in [9.17, 15) is 8.42 Å². The third-order valence-electron chi connectivity index (χ3n) is 2.71. The molecular formula is C13H22N2O2S. The van der Waals surface area contributed by atoms with Crippen molar-refractivity contribution in [3.63, 3.8) is 0 Å². The van der Waals surface area contributed by atoms with Gasteiger partial charge >= 0.3 is 0 Å². The Hall–Kier alpha value is -1.07. The van der Waals surface area contributed by atoms with Gasteiger partial charge in [0.15, 0.2) is 0 Å². The highest BCUT2D eigenvalue weighted by atomic mass is 32.2.